The molecule has 0 saturated carbocycles. The molecule has 0 aromatic carbocycles. The van der Waals surface area contributed by atoms with Crippen LogP contribution in [0.3, 0.4) is 0 Å². The van der Waals surface area contributed by atoms with Crippen LogP contribution in [-0.2, 0) is 19.3 Å². The normalized spacial score (nSPS) is 16.2. The van der Waals surface area contributed by atoms with Crippen molar-refractivity contribution in [1.82, 2.24) is 0 Å². The Labute approximate surface area is 144 Å². The predicted octanol–water partition coefficient (Wildman–Crippen LogP) is 4.41. The molecule has 6 nitrogen and oxygen atoms in total. The van der Waals surface area contributed by atoms with E-state index in [2.05, 4.69) is 22.4 Å². The van der Waals surface area contributed by atoms with Crippen LogP contribution in [0.25, 0.3) is 0 Å². The van der Waals surface area contributed by atoms with Crippen LogP contribution in [0.4, 0.5) is 0 Å². The minimum atomic E-state index is -1.20. The van der Waals surface area contributed by atoms with E-state index < -0.39 is 28.4 Å². The lowest BCUT2D eigenvalue weighted by atomic mass is 9.97. The van der Waals surface area contributed by atoms with Crippen molar-refractivity contribution in [2.24, 2.45) is 10.2 Å². The van der Waals surface area contributed by atoms with Crippen LogP contribution in [0.5, 0.6) is 0 Å². The molecule has 0 radical (unpaired) electrons. The van der Waals surface area contributed by atoms with Crippen molar-refractivity contribution in [2.45, 2.75) is 91.2 Å². The average Bonchev–Trinajstić information content (AvgIpc) is 2.32. The molecule has 0 spiro atoms. The van der Waals surface area contributed by atoms with Crippen LogP contribution < -0.4 is 0 Å². The van der Waals surface area contributed by atoms with Crippen molar-refractivity contribution in [3.05, 3.63) is 0 Å². The second-order valence-corrected chi connectivity index (χ2v) is 8.54. The van der Waals surface area contributed by atoms with Crippen molar-refractivity contribution < 1.29 is 19.3 Å². The molecule has 134 valence electrons. The van der Waals surface area contributed by atoms with Crippen LogP contribution >= 0.6 is 12.2 Å². The maximum absolute atomic E-state index is 11.6. The quantitative estimate of drug-likeness (QED) is 0.224. The van der Waals surface area contributed by atoms with E-state index in [1.165, 1.54) is 0 Å². The van der Waals surface area contributed by atoms with Gasteiger partial charge in [-0.2, -0.15) is 5.11 Å². The Balaban J connectivity index is 5.24. The number of azo groups is 1. The first kappa shape index (κ1) is 22.1. The molecule has 0 fully saturated rings. The highest BCUT2D eigenvalue weighted by Gasteiger charge is 2.38. The number of carbonyl (C=O) groups excluding carboxylic acids is 1. The Bertz CT molecular complexity index is 450. The average molecular weight is 346 g/mol. The number of rotatable bonds is 7. The monoisotopic (exact) mass is 346 g/mol. The van der Waals surface area contributed by atoms with Gasteiger partial charge in [0.2, 0.25) is 5.72 Å². The molecule has 0 aromatic heterocycles. The minimum absolute atomic E-state index is 0.255. The summed E-state index contributed by atoms with van der Waals surface area (Å²) in [4.78, 5) is 22.5. The zero-order valence-corrected chi connectivity index (χ0v) is 16.5. The van der Waals surface area contributed by atoms with Crippen molar-refractivity contribution in [1.29, 1.82) is 0 Å². The summed E-state index contributed by atoms with van der Waals surface area (Å²) in [6, 6.07) is 0. The molecule has 0 heterocycles. The smallest absolute Gasteiger partial charge is 0.343 e. The molecule has 0 saturated heterocycles. The van der Waals surface area contributed by atoms with Crippen LogP contribution in [0.2, 0.25) is 0 Å². The first-order chi connectivity index (χ1) is 10.1. The topological polar surface area (TPSA) is 69.5 Å². The van der Waals surface area contributed by atoms with Gasteiger partial charge in [0.1, 0.15) is 5.60 Å². The summed E-state index contributed by atoms with van der Waals surface area (Å²) in [5.41, 5.74) is -2.80. The molecular formula is C16H30N2O4S. The highest BCUT2D eigenvalue weighted by molar-refractivity contribution is 7.80. The number of ether oxygens (including phenoxy) is 1. The van der Waals surface area contributed by atoms with Gasteiger partial charge in [0, 0.05) is 6.42 Å². The maximum atomic E-state index is 11.6. The molecular weight excluding hydrogens is 316 g/mol. The number of esters is 1. The third-order valence-electron chi connectivity index (χ3n) is 2.25. The second kappa shape index (κ2) is 7.77. The third-order valence-corrected chi connectivity index (χ3v) is 2.44. The van der Waals surface area contributed by atoms with Gasteiger partial charge in [0.15, 0.2) is 0 Å². The summed E-state index contributed by atoms with van der Waals surface area (Å²) in [6.07, 6.45) is 0.255. The largest absolute Gasteiger partial charge is 0.432 e. The van der Waals surface area contributed by atoms with Crippen LogP contribution in [0.1, 0.15) is 68.7 Å². The molecule has 7 heteroatoms. The van der Waals surface area contributed by atoms with E-state index in [-0.39, 0.29) is 6.42 Å². The van der Waals surface area contributed by atoms with Gasteiger partial charge < -0.3 is 4.74 Å². The van der Waals surface area contributed by atoms with Crippen molar-refractivity contribution in [2.75, 3.05) is 0 Å². The first-order valence-corrected chi connectivity index (χ1v) is 8.04. The highest BCUT2D eigenvalue weighted by atomic mass is 32.1. The summed E-state index contributed by atoms with van der Waals surface area (Å²) < 4.78 is 5.36. The predicted molar refractivity (Wildman–Crippen MR) is 93.4 cm³/mol. The molecule has 0 aliphatic rings. The Morgan fingerprint density at radius 3 is 1.87 bits per heavy atom. The first-order valence-electron chi connectivity index (χ1n) is 7.57. The van der Waals surface area contributed by atoms with Gasteiger partial charge in [-0.15, -0.1) is 5.11 Å². The van der Waals surface area contributed by atoms with Gasteiger partial charge in [-0.1, -0.05) is 12.2 Å². The SMILES string of the molecule is CC(C)(C)N=NC(C)(CC(C)(C)OOC(C)(C)C)OC(=O)C=S. The Hall–Kier alpha value is -0.920. The van der Waals surface area contributed by atoms with Crippen LogP contribution in [0.15, 0.2) is 10.2 Å². The fraction of sp³-hybridized carbons (Fsp3) is 0.875. The third kappa shape index (κ3) is 11.3. The lowest BCUT2D eigenvalue weighted by Crippen LogP contribution is -2.41. The fourth-order valence-electron chi connectivity index (χ4n) is 1.65. The van der Waals surface area contributed by atoms with E-state index in [0.29, 0.717) is 0 Å². The Morgan fingerprint density at radius 2 is 1.48 bits per heavy atom. The molecule has 0 bridgehead atoms. The zero-order chi connectivity index (χ0) is 18.5. The highest BCUT2D eigenvalue weighted by Crippen LogP contribution is 2.30. The van der Waals surface area contributed by atoms with E-state index in [9.17, 15) is 4.79 Å². The molecule has 23 heavy (non-hydrogen) atoms. The number of hydrogen-bond acceptors (Lipinski definition) is 7. The van der Waals surface area contributed by atoms with Gasteiger partial charge in [0.25, 0.3) is 0 Å². The number of nitrogens with zero attached hydrogens (tertiary/aromatic N) is 2. The molecule has 1 unspecified atom stereocenters. The van der Waals surface area contributed by atoms with E-state index in [4.69, 9.17) is 14.5 Å². The summed E-state index contributed by atoms with van der Waals surface area (Å²) in [5.74, 6) is -0.636. The number of thiocarbonyl (C=S) groups is 1. The fourth-order valence-corrected chi connectivity index (χ4v) is 1.69. The van der Waals surface area contributed by atoms with Gasteiger partial charge >= 0.3 is 5.97 Å². The Kier molecular flexibility index (Phi) is 7.46. The summed E-state index contributed by atoms with van der Waals surface area (Å²) in [5, 5.41) is 9.37. The molecule has 0 rings (SSSR count). The lowest BCUT2D eigenvalue weighted by Gasteiger charge is -2.34. The van der Waals surface area contributed by atoms with Gasteiger partial charge in [-0.25, -0.2) is 14.6 Å². The zero-order valence-electron chi connectivity index (χ0n) is 15.7. The summed E-state index contributed by atoms with van der Waals surface area (Å²) in [6.45, 7) is 16.7. The number of carbonyl (C=O) groups is 1. The Morgan fingerprint density at radius 1 is 0.957 bits per heavy atom. The standard InChI is InChI=1S/C16H30N2O4S/c1-13(2,3)17-18-16(9,20-12(19)10-23)11-15(7,8)22-21-14(4,5)6/h10H,11H2,1-9H3. The lowest BCUT2D eigenvalue weighted by molar-refractivity contribution is -0.401. The second-order valence-electron chi connectivity index (χ2n) is 8.30. The number of hydrogen-bond donors (Lipinski definition) is 0. The maximum Gasteiger partial charge on any atom is 0.343 e. The van der Waals surface area contributed by atoms with Gasteiger partial charge in [0.05, 0.1) is 16.5 Å². The van der Waals surface area contributed by atoms with E-state index in [1.54, 1.807) is 6.92 Å². The van der Waals surface area contributed by atoms with Crippen molar-refractivity contribution in [3.63, 3.8) is 0 Å². The molecule has 0 amide bonds. The van der Waals surface area contributed by atoms with E-state index in [0.717, 1.165) is 5.37 Å². The van der Waals surface area contributed by atoms with Crippen LogP contribution in [-0.4, -0.2) is 33.8 Å². The van der Waals surface area contributed by atoms with Gasteiger partial charge in [-0.3, -0.25) is 0 Å². The molecule has 1 atom stereocenters. The molecule has 0 aliphatic heterocycles. The van der Waals surface area contributed by atoms with Crippen molar-refractivity contribution >= 4 is 23.6 Å². The minimum Gasteiger partial charge on any atom is -0.432 e. The van der Waals surface area contributed by atoms with E-state index >= 15 is 0 Å². The summed E-state index contributed by atoms with van der Waals surface area (Å²) >= 11 is 4.61. The van der Waals surface area contributed by atoms with Crippen LogP contribution in [0, 0.1) is 0 Å². The molecule has 0 N–H and O–H groups in total. The van der Waals surface area contributed by atoms with E-state index in [1.807, 2.05) is 55.4 Å². The summed E-state index contributed by atoms with van der Waals surface area (Å²) in [7, 11) is 0. The van der Waals surface area contributed by atoms with Gasteiger partial charge in [-0.05, 0) is 62.3 Å². The molecule has 0 aliphatic carbocycles. The van der Waals surface area contributed by atoms with Crippen molar-refractivity contribution in [3.8, 4) is 0 Å². The molecule has 0 aromatic rings.